The molecule has 2 aromatic carbocycles. The van der Waals surface area contributed by atoms with E-state index >= 15 is 0 Å². The molecule has 0 spiro atoms. The number of likely N-dealkylation sites (tertiary alicyclic amines) is 1. The van der Waals surface area contributed by atoms with Crippen molar-refractivity contribution in [3.05, 3.63) is 45.6 Å². The molecule has 0 bridgehead atoms. The Morgan fingerprint density at radius 3 is 2.57 bits per heavy atom. The number of amides is 2. The van der Waals surface area contributed by atoms with Gasteiger partial charge in [0.2, 0.25) is 23.0 Å². The van der Waals surface area contributed by atoms with Crippen LogP contribution in [0.25, 0.3) is 11.1 Å². The van der Waals surface area contributed by atoms with Crippen LogP contribution in [0.2, 0.25) is 0 Å². The van der Waals surface area contributed by atoms with E-state index in [1.807, 2.05) is 17.0 Å². The van der Waals surface area contributed by atoms with Gasteiger partial charge in [-0.05, 0) is 73.4 Å². The Labute approximate surface area is 259 Å². The molecule has 2 aromatic rings. The summed E-state index contributed by atoms with van der Waals surface area (Å²) in [5.41, 5.74) is 2.83. The Hall–Kier alpha value is -3.79. The van der Waals surface area contributed by atoms with Crippen LogP contribution in [-0.2, 0) is 16.0 Å². The van der Waals surface area contributed by atoms with E-state index in [0.29, 0.717) is 80.2 Å². The second kappa shape index (κ2) is 13.5. The minimum absolute atomic E-state index is 0.0957. The zero-order valence-corrected chi connectivity index (χ0v) is 26.3. The molecule has 2 aliphatic carbocycles. The summed E-state index contributed by atoms with van der Waals surface area (Å²) in [5, 5.41) is 17.2. The zero-order chi connectivity index (χ0) is 31.4. The van der Waals surface area contributed by atoms with Crippen molar-refractivity contribution < 1.29 is 28.9 Å². The van der Waals surface area contributed by atoms with E-state index in [1.54, 1.807) is 33.5 Å². The highest BCUT2D eigenvalue weighted by atomic mass is 16.5. The van der Waals surface area contributed by atoms with Gasteiger partial charge in [0.25, 0.3) is 0 Å². The number of piperidine rings is 1. The van der Waals surface area contributed by atoms with Gasteiger partial charge in [0, 0.05) is 44.5 Å². The quantitative estimate of drug-likeness (QED) is 0.362. The molecule has 238 valence electrons. The number of nitrogens with zero attached hydrogens (tertiary/aromatic N) is 1. The molecule has 44 heavy (non-hydrogen) atoms. The molecular weight excluding hydrogens is 562 g/mol. The van der Waals surface area contributed by atoms with E-state index in [9.17, 15) is 19.5 Å². The smallest absolute Gasteiger partial charge is 0.222 e. The molecular formula is C34H45N3O7. The van der Waals surface area contributed by atoms with E-state index < -0.39 is 5.60 Å². The number of anilines is 1. The van der Waals surface area contributed by atoms with Gasteiger partial charge in [0.15, 0.2) is 11.5 Å². The summed E-state index contributed by atoms with van der Waals surface area (Å²) in [7, 11) is 4.70. The van der Waals surface area contributed by atoms with E-state index in [1.165, 1.54) is 6.92 Å². The van der Waals surface area contributed by atoms with Crippen molar-refractivity contribution >= 4 is 17.5 Å². The van der Waals surface area contributed by atoms with Crippen molar-refractivity contribution in [2.45, 2.75) is 76.4 Å². The molecule has 10 nitrogen and oxygen atoms in total. The highest BCUT2D eigenvalue weighted by Gasteiger charge is 2.43. The minimum Gasteiger partial charge on any atom is -0.493 e. The Balaban J connectivity index is 1.36. The van der Waals surface area contributed by atoms with E-state index in [-0.39, 0.29) is 29.2 Å². The molecule has 0 aromatic heterocycles. The molecule has 0 radical (unpaired) electrons. The fraction of sp³-hybridized carbons (Fsp3) is 0.559. The molecule has 1 saturated carbocycles. The van der Waals surface area contributed by atoms with Gasteiger partial charge in [-0.1, -0.05) is 18.9 Å². The number of rotatable bonds is 9. The molecule has 5 rings (SSSR count). The number of carbonyl (C=O) groups is 2. The molecule has 2 amide bonds. The first-order valence-electron chi connectivity index (χ1n) is 15.7. The summed E-state index contributed by atoms with van der Waals surface area (Å²) in [6.07, 6.45) is 6.79. The maximum atomic E-state index is 13.5. The van der Waals surface area contributed by atoms with Gasteiger partial charge in [-0.25, -0.2) is 0 Å². The van der Waals surface area contributed by atoms with Crippen LogP contribution in [0, 0.1) is 5.92 Å². The molecule has 1 heterocycles. The van der Waals surface area contributed by atoms with Crippen LogP contribution >= 0.6 is 0 Å². The molecule has 1 saturated heterocycles. The number of fused-ring (bicyclic) bond motifs is 4. The molecule has 3 atom stereocenters. The first-order chi connectivity index (χ1) is 21.2. The fourth-order valence-corrected chi connectivity index (χ4v) is 7.27. The number of hydrogen-bond donors (Lipinski definition) is 3. The van der Waals surface area contributed by atoms with Crippen molar-refractivity contribution in [1.82, 2.24) is 10.2 Å². The minimum atomic E-state index is -0.608. The Morgan fingerprint density at radius 1 is 1.05 bits per heavy atom. The van der Waals surface area contributed by atoms with Crippen molar-refractivity contribution in [2.24, 2.45) is 5.92 Å². The van der Waals surface area contributed by atoms with Gasteiger partial charge in [0.1, 0.15) is 0 Å². The standard InChI is InChI=1S/C34H45N3O7/c1-21(38)36-26-12-10-22-18-29(42-2)32(43-3)33(44-4)31(22)24-11-13-27(28(39)19-25(24)26)35-16-7-9-30(40)37-17-15-34(41)14-6-5-8-23(34)20-37/h11,13,18-19,23,26,41H,5-10,12,14-17,20H2,1-4H3,(H,35,39)(H,36,38)/t23-,26+,34-/m1/s1. The van der Waals surface area contributed by atoms with Crippen molar-refractivity contribution in [3.8, 4) is 28.4 Å². The summed E-state index contributed by atoms with van der Waals surface area (Å²) < 4.78 is 17.1. The summed E-state index contributed by atoms with van der Waals surface area (Å²) in [4.78, 5) is 40.6. The number of benzene rings is 1. The predicted octanol–water partition coefficient (Wildman–Crippen LogP) is 4.21. The van der Waals surface area contributed by atoms with Gasteiger partial charge < -0.3 is 34.9 Å². The molecule has 0 unspecified atom stereocenters. The number of nitrogens with one attached hydrogen (secondary N) is 2. The fourth-order valence-electron chi connectivity index (χ4n) is 7.27. The number of ether oxygens (including phenoxy) is 3. The summed E-state index contributed by atoms with van der Waals surface area (Å²) in [6, 6.07) is 6.78. The maximum absolute atomic E-state index is 13.5. The van der Waals surface area contributed by atoms with E-state index in [4.69, 9.17) is 14.2 Å². The van der Waals surface area contributed by atoms with Crippen molar-refractivity contribution in [1.29, 1.82) is 0 Å². The summed E-state index contributed by atoms with van der Waals surface area (Å²) >= 11 is 0. The van der Waals surface area contributed by atoms with Crippen molar-refractivity contribution in [2.75, 3.05) is 46.3 Å². The van der Waals surface area contributed by atoms with Crippen LogP contribution in [0.5, 0.6) is 17.2 Å². The number of aliphatic hydroxyl groups is 1. The van der Waals surface area contributed by atoms with Gasteiger partial charge >= 0.3 is 0 Å². The van der Waals surface area contributed by atoms with Crippen LogP contribution < -0.4 is 30.3 Å². The molecule has 1 aliphatic heterocycles. The average molecular weight is 608 g/mol. The third-order valence-electron chi connectivity index (χ3n) is 9.58. The number of hydrogen-bond acceptors (Lipinski definition) is 8. The average Bonchev–Trinajstić information content (AvgIpc) is 3.25. The predicted molar refractivity (Wildman–Crippen MR) is 169 cm³/mol. The van der Waals surface area contributed by atoms with Crippen LogP contribution in [0.1, 0.15) is 75.5 Å². The highest BCUT2D eigenvalue weighted by Crippen LogP contribution is 2.50. The monoisotopic (exact) mass is 607 g/mol. The molecule has 2 fully saturated rings. The normalized spacial score (nSPS) is 22.4. The lowest BCUT2D eigenvalue weighted by Crippen LogP contribution is -2.54. The van der Waals surface area contributed by atoms with Crippen LogP contribution in [-0.4, -0.2) is 68.4 Å². The molecule has 3 N–H and O–H groups in total. The lowest BCUT2D eigenvalue weighted by atomic mass is 9.71. The SMILES string of the molecule is COc1cc2c(c(OC)c1OC)-c1ccc(NCCCC(=O)N3CC[C@]4(O)CCCC[C@@H]4C3)c(=O)cc1[C@@H](NC(C)=O)CC2. The summed E-state index contributed by atoms with van der Waals surface area (Å²) in [6.45, 7) is 3.15. The number of aryl methyl sites for hydroxylation is 1. The summed E-state index contributed by atoms with van der Waals surface area (Å²) in [5.74, 6) is 1.58. The number of methoxy groups -OCH3 is 3. The Morgan fingerprint density at radius 2 is 1.84 bits per heavy atom. The molecule has 3 aliphatic rings. The number of carbonyl (C=O) groups excluding carboxylic acids is 2. The van der Waals surface area contributed by atoms with Crippen LogP contribution in [0.15, 0.2) is 29.1 Å². The third kappa shape index (κ3) is 6.36. The Bertz CT molecular complexity index is 1460. The molecule has 10 heteroatoms. The van der Waals surface area contributed by atoms with Gasteiger partial charge in [-0.2, -0.15) is 0 Å². The largest absolute Gasteiger partial charge is 0.493 e. The second-order valence-electron chi connectivity index (χ2n) is 12.3. The van der Waals surface area contributed by atoms with Crippen LogP contribution in [0.3, 0.4) is 0 Å². The first kappa shape index (κ1) is 31.6. The second-order valence-corrected chi connectivity index (χ2v) is 12.3. The van der Waals surface area contributed by atoms with Crippen LogP contribution in [0.4, 0.5) is 5.69 Å². The highest BCUT2D eigenvalue weighted by molar-refractivity contribution is 5.84. The van der Waals surface area contributed by atoms with Gasteiger partial charge in [-0.15, -0.1) is 0 Å². The zero-order valence-electron chi connectivity index (χ0n) is 26.3. The first-order valence-corrected chi connectivity index (χ1v) is 15.7. The van der Waals surface area contributed by atoms with Gasteiger partial charge in [-0.3, -0.25) is 14.4 Å². The van der Waals surface area contributed by atoms with E-state index in [2.05, 4.69) is 10.6 Å². The maximum Gasteiger partial charge on any atom is 0.222 e. The topological polar surface area (TPSA) is 126 Å². The van der Waals surface area contributed by atoms with Crippen molar-refractivity contribution in [3.63, 3.8) is 0 Å². The third-order valence-corrected chi connectivity index (χ3v) is 9.58. The lowest BCUT2D eigenvalue weighted by Gasteiger charge is -2.47. The van der Waals surface area contributed by atoms with E-state index in [0.717, 1.165) is 42.4 Å². The Kier molecular flexibility index (Phi) is 9.68. The van der Waals surface area contributed by atoms with Gasteiger partial charge in [0.05, 0.1) is 38.7 Å². The lowest BCUT2D eigenvalue weighted by molar-refractivity contribution is -0.143.